The van der Waals surface area contributed by atoms with Crippen molar-refractivity contribution in [2.75, 3.05) is 39.8 Å². The molecule has 7 nitrogen and oxygen atoms in total. The summed E-state index contributed by atoms with van der Waals surface area (Å²) in [6.07, 6.45) is 4.09. The van der Waals surface area contributed by atoms with Crippen molar-refractivity contribution < 1.29 is 19.4 Å². The van der Waals surface area contributed by atoms with Gasteiger partial charge < -0.3 is 20.0 Å². The molecular weight excluding hydrogens is 418 g/mol. The fourth-order valence-corrected chi connectivity index (χ4v) is 4.02. The fraction of sp³-hybridized carbons (Fsp3) is 0.304. The third-order valence-corrected chi connectivity index (χ3v) is 5.73. The summed E-state index contributed by atoms with van der Waals surface area (Å²) in [6.45, 7) is 2.52. The molecule has 1 N–H and O–H groups in total. The zero-order valence-electron chi connectivity index (χ0n) is 17.2. The van der Waals surface area contributed by atoms with Gasteiger partial charge in [-0.2, -0.15) is 4.89 Å². The van der Waals surface area contributed by atoms with Crippen LogP contribution in [0.1, 0.15) is 11.1 Å². The molecule has 2 aromatic rings. The van der Waals surface area contributed by atoms with E-state index >= 15 is 0 Å². The molecular formula is C23H23ClN3O4. The SMILES string of the molecule is CNC(=O)N1CCN(C(=O)/C=C/c2cc[c]c(Cl)c2-c2ccc3c(c2)CCOO3)CC1. The maximum atomic E-state index is 12.7. The number of amides is 3. The van der Waals surface area contributed by atoms with Crippen molar-refractivity contribution in [2.45, 2.75) is 6.42 Å². The molecule has 2 aliphatic heterocycles. The normalized spacial score (nSPS) is 16.1. The molecule has 0 aliphatic carbocycles. The second-order valence-electron chi connectivity index (χ2n) is 7.30. The number of piperazine rings is 1. The number of nitrogens with zero attached hydrogens (tertiary/aromatic N) is 2. The maximum absolute atomic E-state index is 12.7. The van der Waals surface area contributed by atoms with Crippen LogP contribution in [-0.2, 0) is 16.1 Å². The molecule has 1 fully saturated rings. The first-order valence-corrected chi connectivity index (χ1v) is 10.5. The Kier molecular flexibility index (Phi) is 6.44. The van der Waals surface area contributed by atoms with Gasteiger partial charge in [0.15, 0.2) is 5.75 Å². The Morgan fingerprint density at radius 1 is 1.16 bits per heavy atom. The summed E-state index contributed by atoms with van der Waals surface area (Å²) in [5, 5.41) is 3.10. The van der Waals surface area contributed by atoms with Gasteiger partial charge >= 0.3 is 6.03 Å². The first kappa shape index (κ1) is 21.2. The zero-order chi connectivity index (χ0) is 21.8. The molecule has 0 atom stereocenters. The van der Waals surface area contributed by atoms with Gasteiger partial charge in [-0.3, -0.25) is 4.79 Å². The number of benzene rings is 2. The highest BCUT2D eigenvalue weighted by Gasteiger charge is 2.22. The summed E-state index contributed by atoms with van der Waals surface area (Å²) in [6, 6.07) is 12.3. The van der Waals surface area contributed by atoms with Gasteiger partial charge in [0.2, 0.25) is 5.91 Å². The number of hydrogen-bond acceptors (Lipinski definition) is 4. The molecule has 2 heterocycles. The van der Waals surface area contributed by atoms with Crippen LogP contribution >= 0.6 is 11.6 Å². The minimum absolute atomic E-state index is 0.0950. The Balaban J connectivity index is 1.52. The van der Waals surface area contributed by atoms with Crippen LogP contribution < -0.4 is 10.2 Å². The first-order chi connectivity index (χ1) is 15.1. The van der Waals surface area contributed by atoms with E-state index in [-0.39, 0.29) is 11.9 Å². The van der Waals surface area contributed by atoms with E-state index in [2.05, 4.69) is 11.4 Å². The molecule has 0 saturated carbocycles. The summed E-state index contributed by atoms with van der Waals surface area (Å²) in [7, 11) is 1.60. The van der Waals surface area contributed by atoms with E-state index in [1.165, 1.54) is 0 Å². The predicted molar refractivity (Wildman–Crippen MR) is 118 cm³/mol. The number of rotatable bonds is 3. The zero-order valence-corrected chi connectivity index (χ0v) is 17.9. The van der Waals surface area contributed by atoms with Crippen LogP contribution in [0.4, 0.5) is 4.79 Å². The van der Waals surface area contributed by atoms with Crippen molar-refractivity contribution in [3.63, 3.8) is 0 Å². The van der Waals surface area contributed by atoms with Gasteiger partial charge in [-0.05, 0) is 29.3 Å². The van der Waals surface area contributed by atoms with Crippen molar-refractivity contribution in [1.82, 2.24) is 15.1 Å². The van der Waals surface area contributed by atoms with Crippen LogP contribution in [0.3, 0.4) is 0 Å². The van der Waals surface area contributed by atoms with Crippen LogP contribution in [0.5, 0.6) is 5.75 Å². The minimum Gasteiger partial charge on any atom is -0.341 e. The monoisotopic (exact) mass is 440 g/mol. The Morgan fingerprint density at radius 3 is 2.71 bits per heavy atom. The van der Waals surface area contributed by atoms with Gasteiger partial charge in [0.25, 0.3) is 0 Å². The van der Waals surface area contributed by atoms with Crippen LogP contribution in [-0.4, -0.2) is 61.6 Å². The fourth-order valence-electron chi connectivity index (χ4n) is 3.74. The number of halogens is 1. The molecule has 8 heteroatoms. The summed E-state index contributed by atoms with van der Waals surface area (Å²) >= 11 is 6.49. The first-order valence-electron chi connectivity index (χ1n) is 10.1. The highest BCUT2D eigenvalue weighted by molar-refractivity contribution is 6.33. The van der Waals surface area contributed by atoms with Crippen molar-refractivity contribution in [3.05, 3.63) is 58.6 Å². The quantitative estimate of drug-likeness (QED) is 0.588. The van der Waals surface area contributed by atoms with E-state index in [0.717, 1.165) is 28.7 Å². The van der Waals surface area contributed by atoms with E-state index < -0.39 is 0 Å². The van der Waals surface area contributed by atoms with E-state index in [1.54, 1.807) is 35.1 Å². The third kappa shape index (κ3) is 4.68. The highest BCUT2D eigenvalue weighted by atomic mass is 35.5. The molecule has 3 amide bonds. The van der Waals surface area contributed by atoms with Crippen molar-refractivity contribution >= 4 is 29.6 Å². The number of carbonyl (C=O) groups excluding carboxylic acids is 2. The Labute approximate surface area is 186 Å². The summed E-state index contributed by atoms with van der Waals surface area (Å²) in [5.41, 5.74) is 3.61. The second-order valence-corrected chi connectivity index (χ2v) is 7.68. The van der Waals surface area contributed by atoms with E-state index in [4.69, 9.17) is 21.4 Å². The molecule has 4 rings (SSSR count). The lowest BCUT2D eigenvalue weighted by molar-refractivity contribution is -0.215. The van der Waals surface area contributed by atoms with E-state index in [1.807, 2.05) is 24.3 Å². The molecule has 0 bridgehead atoms. The van der Waals surface area contributed by atoms with Gasteiger partial charge in [-0.1, -0.05) is 29.8 Å². The van der Waals surface area contributed by atoms with Gasteiger partial charge in [0.05, 0.1) is 11.6 Å². The summed E-state index contributed by atoms with van der Waals surface area (Å²) in [5.74, 6) is 0.608. The number of hydrogen-bond donors (Lipinski definition) is 1. The standard InChI is InChI=1S/C23H23ClN3O4/c1-25-23(29)27-12-10-26(11-13-27)21(28)8-6-16-3-2-4-19(24)22(16)18-5-7-20-17(15-18)9-14-30-31-20/h2-3,5-8,15H,9-14H2,1H3,(H,25,29)/b8-6+. The lowest BCUT2D eigenvalue weighted by Gasteiger charge is -2.33. The Hall–Kier alpha value is -3.03. The molecule has 0 unspecified atom stereocenters. The lowest BCUT2D eigenvalue weighted by Crippen LogP contribution is -2.52. The van der Waals surface area contributed by atoms with Crippen molar-refractivity contribution in [3.8, 4) is 16.9 Å². The molecule has 161 valence electrons. The van der Waals surface area contributed by atoms with Crippen LogP contribution in [0.2, 0.25) is 5.02 Å². The van der Waals surface area contributed by atoms with Crippen LogP contribution in [0, 0.1) is 6.07 Å². The Morgan fingerprint density at radius 2 is 1.94 bits per heavy atom. The van der Waals surface area contributed by atoms with Gasteiger partial charge in [-0.15, -0.1) is 0 Å². The molecule has 31 heavy (non-hydrogen) atoms. The van der Waals surface area contributed by atoms with E-state index in [0.29, 0.717) is 43.6 Å². The maximum Gasteiger partial charge on any atom is 0.317 e. The lowest BCUT2D eigenvalue weighted by atomic mass is 9.96. The topological polar surface area (TPSA) is 71.1 Å². The number of fused-ring (bicyclic) bond motifs is 1. The predicted octanol–water partition coefficient (Wildman–Crippen LogP) is 3.17. The number of urea groups is 1. The summed E-state index contributed by atoms with van der Waals surface area (Å²) in [4.78, 5) is 38.1. The minimum atomic E-state index is -0.121. The van der Waals surface area contributed by atoms with Crippen molar-refractivity contribution in [1.29, 1.82) is 0 Å². The number of carbonyl (C=O) groups is 2. The molecule has 1 radical (unpaired) electrons. The van der Waals surface area contributed by atoms with Gasteiger partial charge in [0.1, 0.15) is 0 Å². The third-order valence-electron chi connectivity index (χ3n) is 5.43. The molecule has 0 aromatic heterocycles. The second kappa shape index (κ2) is 9.41. The van der Waals surface area contributed by atoms with Crippen LogP contribution in [0.15, 0.2) is 36.4 Å². The molecule has 1 saturated heterocycles. The average molecular weight is 441 g/mol. The van der Waals surface area contributed by atoms with Crippen LogP contribution in [0.25, 0.3) is 17.2 Å². The summed E-state index contributed by atoms with van der Waals surface area (Å²) < 4.78 is 0. The number of nitrogens with one attached hydrogen (secondary N) is 1. The largest absolute Gasteiger partial charge is 0.341 e. The molecule has 2 aromatic carbocycles. The van der Waals surface area contributed by atoms with Crippen molar-refractivity contribution in [2.24, 2.45) is 0 Å². The molecule has 2 aliphatic rings. The average Bonchev–Trinajstić information content (AvgIpc) is 2.81. The van der Waals surface area contributed by atoms with Gasteiger partial charge in [-0.25, -0.2) is 4.79 Å². The van der Waals surface area contributed by atoms with E-state index in [9.17, 15) is 9.59 Å². The van der Waals surface area contributed by atoms with Gasteiger partial charge in [0, 0.05) is 62.9 Å². The smallest absolute Gasteiger partial charge is 0.317 e. The molecule has 0 spiro atoms. The Bertz CT molecular complexity index is 1020. The highest BCUT2D eigenvalue weighted by Crippen LogP contribution is 2.35.